The molecule has 3 amide bonds. The fraction of sp³-hybridized carbons (Fsp3) is 0.765. The second-order valence-corrected chi connectivity index (χ2v) is 6.45. The van der Waals surface area contributed by atoms with E-state index in [0.717, 1.165) is 25.7 Å². The van der Waals surface area contributed by atoms with Crippen molar-refractivity contribution in [2.75, 3.05) is 26.9 Å². The van der Waals surface area contributed by atoms with Crippen molar-refractivity contribution in [3.05, 3.63) is 12.2 Å². The van der Waals surface area contributed by atoms with Crippen LogP contribution < -0.4 is 16.0 Å². The molecule has 1 aliphatic carbocycles. The van der Waals surface area contributed by atoms with Crippen molar-refractivity contribution in [2.24, 2.45) is 0 Å². The van der Waals surface area contributed by atoms with Crippen LogP contribution in [0.5, 0.6) is 0 Å². The molecule has 8 nitrogen and oxygen atoms in total. The van der Waals surface area contributed by atoms with E-state index in [9.17, 15) is 14.7 Å². The maximum Gasteiger partial charge on any atom is 0.315 e. The minimum atomic E-state index is -0.573. The van der Waals surface area contributed by atoms with Crippen LogP contribution in [0, 0.1) is 0 Å². The molecule has 8 heteroatoms. The molecule has 0 saturated heterocycles. The summed E-state index contributed by atoms with van der Waals surface area (Å²) in [5.74, 6) is -0.145. The van der Waals surface area contributed by atoms with Crippen molar-refractivity contribution in [1.29, 1.82) is 0 Å². The summed E-state index contributed by atoms with van der Waals surface area (Å²) in [5.41, 5.74) is 0. The van der Waals surface area contributed by atoms with Crippen molar-refractivity contribution < 1.29 is 24.2 Å². The number of nitrogens with one attached hydrogen (secondary N) is 3. The number of ether oxygens (including phenoxy) is 2. The molecule has 3 atom stereocenters. The van der Waals surface area contributed by atoms with E-state index in [2.05, 4.69) is 16.0 Å². The highest BCUT2D eigenvalue weighted by Gasteiger charge is 2.29. The fourth-order valence-corrected chi connectivity index (χ4v) is 3.13. The number of aliphatic hydroxyl groups excluding tert-OH is 1. The van der Waals surface area contributed by atoms with Gasteiger partial charge in [0.15, 0.2) is 0 Å². The van der Waals surface area contributed by atoms with Gasteiger partial charge in [-0.2, -0.15) is 0 Å². The van der Waals surface area contributed by atoms with E-state index in [1.807, 2.05) is 0 Å². The number of urea groups is 1. The third-order valence-corrected chi connectivity index (χ3v) is 4.47. The van der Waals surface area contributed by atoms with Gasteiger partial charge in [0, 0.05) is 19.7 Å². The first kappa shape index (κ1) is 19.7. The number of carbonyl (C=O) groups excluding carboxylic acids is 2. The lowest BCUT2D eigenvalue weighted by Gasteiger charge is -2.32. The van der Waals surface area contributed by atoms with E-state index in [1.165, 1.54) is 0 Å². The van der Waals surface area contributed by atoms with Crippen LogP contribution in [0.25, 0.3) is 0 Å². The van der Waals surface area contributed by atoms with Gasteiger partial charge in [-0.25, -0.2) is 4.79 Å². The van der Waals surface area contributed by atoms with Crippen molar-refractivity contribution in [2.45, 2.75) is 56.4 Å². The van der Waals surface area contributed by atoms with E-state index in [4.69, 9.17) is 9.47 Å². The van der Waals surface area contributed by atoms with Gasteiger partial charge in [-0.05, 0) is 12.8 Å². The van der Waals surface area contributed by atoms with Gasteiger partial charge in [0.2, 0.25) is 5.91 Å². The molecule has 0 aromatic rings. The molecule has 0 aromatic carbocycles. The summed E-state index contributed by atoms with van der Waals surface area (Å²) in [7, 11) is 1.57. The Morgan fingerprint density at radius 3 is 2.68 bits per heavy atom. The smallest absolute Gasteiger partial charge is 0.315 e. The number of amides is 3. The van der Waals surface area contributed by atoms with Crippen LogP contribution >= 0.6 is 0 Å². The van der Waals surface area contributed by atoms with E-state index >= 15 is 0 Å². The monoisotopic (exact) mass is 355 g/mol. The second kappa shape index (κ2) is 10.4. The molecule has 142 valence electrons. The lowest BCUT2D eigenvalue weighted by molar-refractivity contribution is -0.125. The number of carbonyl (C=O) groups is 2. The molecule has 2 rings (SSSR count). The Morgan fingerprint density at radius 2 is 2.00 bits per heavy atom. The molecular formula is C17H29N3O5. The molecule has 25 heavy (non-hydrogen) atoms. The molecule has 0 radical (unpaired) electrons. The fourth-order valence-electron chi connectivity index (χ4n) is 3.13. The first-order valence-corrected chi connectivity index (χ1v) is 8.89. The van der Waals surface area contributed by atoms with E-state index < -0.39 is 18.2 Å². The zero-order valence-corrected chi connectivity index (χ0v) is 14.7. The van der Waals surface area contributed by atoms with Gasteiger partial charge in [-0.15, -0.1) is 0 Å². The Labute approximate surface area is 148 Å². The highest BCUT2D eigenvalue weighted by Crippen LogP contribution is 2.18. The van der Waals surface area contributed by atoms with Gasteiger partial charge >= 0.3 is 6.03 Å². The third kappa shape index (κ3) is 6.64. The third-order valence-electron chi connectivity index (χ3n) is 4.47. The van der Waals surface area contributed by atoms with Crippen LogP contribution in [0.2, 0.25) is 0 Å². The zero-order chi connectivity index (χ0) is 18.1. The number of hydrogen-bond acceptors (Lipinski definition) is 5. The quantitative estimate of drug-likeness (QED) is 0.364. The number of methoxy groups -OCH3 is 1. The SMILES string of the molecule is COCCNC(=O)C[C@@H]1C=C[C@@H](NC(=O)NC2CCCC2)[C@H](CO)O1. The summed E-state index contributed by atoms with van der Waals surface area (Å²) >= 11 is 0. The van der Waals surface area contributed by atoms with Crippen LogP contribution in [-0.4, -0.2) is 68.2 Å². The summed E-state index contributed by atoms with van der Waals surface area (Å²) in [6.45, 7) is 0.662. The van der Waals surface area contributed by atoms with Gasteiger partial charge in [-0.1, -0.05) is 25.0 Å². The molecule has 1 saturated carbocycles. The molecule has 1 heterocycles. The second-order valence-electron chi connectivity index (χ2n) is 6.45. The van der Waals surface area contributed by atoms with E-state index in [-0.39, 0.29) is 31.0 Å². The van der Waals surface area contributed by atoms with Gasteiger partial charge < -0.3 is 30.5 Å². The summed E-state index contributed by atoms with van der Waals surface area (Å²) in [6, 6.07) is -0.442. The highest BCUT2D eigenvalue weighted by atomic mass is 16.5. The van der Waals surface area contributed by atoms with Crippen LogP contribution in [0.4, 0.5) is 4.79 Å². The molecule has 0 unspecified atom stereocenters. The van der Waals surface area contributed by atoms with Crippen molar-refractivity contribution in [1.82, 2.24) is 16.0 Å². The molecule has 0 spiro atoms. The van der Waals surface area contributed by atoms with Gasteiger partial charge in [0.25, 0.3) is 0 Å². The molecule has 1 fully saturated rings. The maximum atomic E-state index is 12.1. The first-order chi connectivity index (χ1) is 12.1. The normalized spacial score (nSPS) is 26.4. The Morgan fingerprint density at radius 1 is 1.24 bits per heavy atom. The predicted octanol–water partition coefficient (Wildman–Crippen LogP) is 0.0654. The average molecular weight is 355 g/mol. The van der Waals surface area contributed by atoms with Gasteiger partial charge in [0.05, 0.1) is 31.8 Å². The highest BCUT2D eigenvalue weighted by molar-refractivity contribution is 5.77. The first-order valence-electron chi connectivity index (χ1n) is 8.89. The summed E-state index contributed by atoms with van der Waals surface area (Å²) in [6.07, 6.45) is 7.01. The summed E-state index contributed by atoms with van der Waals surface area (Å²) < 4.78 is 10.6. The van der Waals surface area contributed by atoms with Gasteiger partial charge in [0.1, 0.15) is 6.10 Å². The average Bonchev–Trinajstić information content (AvgIpc) is 3.09. The molecule has 0 bridgehead atoms. The van der Waals surface area contributed by atoms with Crippen LogP contribution in [0.1, 0.15) is 32.1 Å². The molecule has 1 aliphatic heterocycles. The Hall–Kier alpha value is -1.64. The molecular weight excluding hydrogens is 326 g/mol. The van der Waals surface area contributed by atoms with Crippen LogP contribution in [0.15, 0.2) is 12.2 Å². The minimum Gasteiger partial charge on any atom is -0.394 e. The lowest BCUT2D eigenvalue weighted by Crippen LogP contribution is -2.53. The zero-order valence-electron chi connectivity index (χ0n) is 14.7. The number of hydrogen-bond donors (Lipinski definition) is 4. The van der Waals surface area contributed by atoms with Crippen molar-refractivity contribution in [3.8, 4) is 0 Å². The topological polar surface area (TPSA) is 109 Å². The standard InChI is InChI=1S/C17H29N3O5/c1-24-9-8-18-16(22)10-13-6-7-14(15(11-21)25-13)20-17(23)19-12-4-2-3-5-12/h6-7,12-15,21H,2-5,8-11H2,1H3,(H,18,22)(H2,19,20,23)/t13-,14+,15-/m0/s1. The maximum absolute atomic E-state index is 12.1. The summed E-state index contributed by atoms with van der Waals surface area (Å²) in [5, 5.41) is 18.0. The van der Waals surface area contributed by atoms with Gasteiger partial charge in [-0.3, -0.25) is 4.79 Å². The Bertz CT molecular complexity index is 465. The van der Waals surface area contributed by atoms with Crippen molar-refractivity contribution >= 4 is 11.9 Å². The van der Waals surface area contributed by atoms with E-state index in [1.54, 1.807) is 19.3 Å². The van der Waals surface area contributed by atoms with Crippen LogP contribution in [0.3, 0.4) is 0 Å². The largest absolute Gasteiger partial charge is 0.394 e. The number of aliphatic hydroxyl groups is 1. The van der Waals surface area contributed by atoms with Crippen LogP contribution in [-0.2, 0) is 14.3 Å². The molecule has 2 aliphatic rings. The number of rotatable bonds is 8. The Balaban J connectivity index is 1.78. The molecule has 4 N–H and O–H groups in total. The van der Waals surface area contributed by atoms with Crippen molar-refractivity contribution in [3.63, 3.8) is 0 Å². The Kier molecular flexibility index (Phi) is 8.17. The summed E-state index contributed by atoms with van der Waals surface area (Å²) in [4.78, 5) is 23.9. The van der Waals surface area contributed by atoms with E-state index in [0.29, 0.717) is 13.2 Å². The predicted molar refractivity (Wildman–Crippen MR) is 92.1 cm³/mol. The minimum absolute atomic E-state index is 0.145. The molecule has 0 aromatic heterocycles. The lowest BCUT2D eigenvalue weighted by atomic mass is 10.0.